The Morgan fingerprint density at radius 2 is 1.63 bits per heavy atom. The molecule has 0 aliphatic heterocycles. The first-order valence-electron chi connectivity index (χ1n) is 6.76. The number of rotatable bonds is 6. The highest BCUT2D eigenvalue weighted by Crippen LogP contribution is 2.21. The number of hydrogen-bond donors (Lipinski definition) is 0. The van der Waals surface area contributed by atoms with Crippen LogP contribution in [0.2, 0.25) is 0 Å². The predicted molar refractivity (Wildman–Crippen MR) is 80.8 cm³/mol. The smallest absolute Gasteiger partial charge is 0.119 e. The Hall–Kier alpha value is -1.96. The molecule has 2 rings (SSSR count). The molecule has 2 heteroatoms. The third kappa shape index (κ3) is 3.75. The van der Waals surface area contributed by atoms with Crippen LogP contribution in [0.1, 0.15) is 18.9 Å². The maximum absolute atomic E-state index is 5.21. The van der Waals surface area contributed by atoms with Crippen molar-refractivity contribution < 1.29 is 4.74 Å². The Morgan fingerprint density at radius 1 is 0.947 bits per heavy atom. The normalized spacial score (nSPS) is 10.2. The molecule has 0 aromatic heterocycles. The molecule has 100 valence electrons. The maximum atomic E-state index is 5.21. The van der Waals surface area contributed by atoms with Crippen molar-refractivity contribution in [2.75, 3.05) is 18.6 Å². The second-order valence-electron chi connectivity index (χ2n) is 4.61. The fourth-order valence-electron chi connectivity index (χ4n) is 2.17. The SMILES string of the molecule is CCCN(Cc1ccccc1)c1ccc(OC)cc1. The summed E-state index contributed by atoms with van der Waals surface area (Å²) in [6.07, 6.45) is 1.14. The molecule has 2 nitrogen and oxygen atoms in total. The molecule has 0 atom stereocenters. The van der Waals surface area contributed by atoms with E-state index in [9.17, 15) is 0 Å². The van der Waals surface area contributed by atoms with Crippen LogP contribution in [0.3, 0.4) is 0 Å². The molecular weight excluding hydrogens is 234 g/mol. The van der Waals surface area contributed by atoms with Crippen LogP contribution in [0.15, 0.2) is 54.6 Å². The second-order valence-corrected chi connectivity index (χ2v) is 4.61. The van der Waals surface area contributed by atoms with Crippen molar-refractivity contribution in [3.63, 3.8) is 0 Å². The van der Waals surface area contributed by atoms with Gasteiger partial charge >= 0.3 is 0 Å². The van der Waals surface area contributed by atoms with Crippen LogP contribution in [0.5, 0.6) is 5.75 Å². The van der Waals surface area contributed by atoms with Gasteiger partial charge in [0, 0.05) is 18.8 Å². The summed E-state index contributed by atoms with van der Waals surface area (Å²) in [5.41, 5.74) is 2.58. The van der Waals surface area contributed by atoms with E-state index in [4.69, 9.17) is 4.74 Å². The number of ether oxygens (including phenoxy) is 1. The third-order valence-electron chi connectivity index (χ3n) is 3.15. The van der Waals surface area contributed by atoms with Crippen molar-refractivity contribution in [2.45, 2.75) is 19.9 Å². The standard InChI is InChI=1S/C17H21NO/c1-3-13-18(14-15-7-5-4-6-8-15)16-9-11-17(19-2)12-10-16/h4-12H,3,13-14H2,1-2H3. The molecule has 0 aliphatic carbocycles. The number of benzene rings is 2. The van der Waals surface area contributed by atoms with Crippen molar-refractivity contribution in [2.24, 2.45) is 0 Å². The van der Waals surface area contributed by atoms with Crippen molar-refractivity contribution >= 4 is 5.69 Å². The Balaban J connectivity index is 2.14. The third-order valence-corrected chi connectivity index (χ3v) is 3.15. The van der Waals surface area contributed by atoms with Crippen molar-refractivity contribution in [1.29, 1.82) is 0 Å². The maximum Gasteiger partial charge on any atom is 0.119 e. The molecule has 0 unspecified atom stereocenters. The van der Waals surface area contributed by atoms with Crippen LogP contribution in [0.4, 0.5) is 5.69 Å². The molecule has 0 heterocycles. The lowest BCUT2D eigenvalue weighted by Crippen LogP contribution is -2.23. The van der Waals surface area contributed by atoms with Crippen LogP contribution in [-0.4, -0.2) is 13.7 Å². The van der Waals surface area contributed by atoms with Crippen LogP contribution < -0.4 is 9.64 Å². The zero-order valence-electron chi connectivity index (χ0n) is 11.7. The van der Waals surface area contributed by atoms with Crippen LogP contribution in [-0.2, 0) is 6.54 Å². The number of anilines is 1. The number of methoxy groups -OCH3 is 1. The number of nitrogens with zero attached hydrogens (tertiary/aromatic N) is 1. The van der Waals surface area contributed by atoms with E-state index in [1.165, 1.54) is 11.3 Å². The minimum atomic E-state index is 0.903. The fraction of sp³-hybridized carbons (Fsp3) is 0.294. The predicted octanol–water partition coefficient (Wildman–Crippen LogP) is 4.11. The minimum absolute atomic E-state index is 0.903. The van der Waals surface area contributed by atoms with Gasteiger partial charge in [0.15, 0.2) is 0 Å². The van der Waals surface area contributed by atoms with E-state index in [0.717, 1.165) is 25.3 Å². The highest BCUT2D eigenvalue weighted by atomic mass is 16.5. The van der Waals surface area contributed by atoms with Crippen LogP contribution >= 0.6 is 0 Å². The van der Waals surface area contributed by atoms with E-state index in [1.54, 1.807) is 7.11 Å². The summed E-state index contributed by atoms with van der Waals surface area (Å²) in [7, 11) is 1.70. The average Bonchev–Trinajstić information content (AvgIpc) is 2.48. The van der Waals surface area contributed by atoms with Gasteiger partial charge in [0.1, 0.15) is 5.75 Å². The molecule has 0 fully saturated rings. The summed E-state index contributed by atoms with van der Waals surface area (Å²) in [6, 6.07) is 18.9. The van der Waals surface area contributed by atoms with Crippen LogP contribution in [0.25, 0.3) is 0 Å². The molecule has 2 aromatic rings. The molecular formula is C17H21NO. The van der Waals surface area contributed by atoms with E-state index in [-0.39, 0.29) is 0 Å². The summed E-state index contributed by atoms with van der Waals surface area (Å²) < 4.78 is 5.21. The van der Waals surface area contributed by atoms with Crippen LogP contribution in [0, 0.1) is 0 Å². The first kappa shape index (κ1) is 13.5. The van der Waals surface area contributed by atoms with Gasteiger partial charge < -0.3 is 9.64 Å². The first-order valence-corrected chi connectivity index (χ1v) is 6.76. The lowest BCUT2D eigenvalue weighted by molar-refractivity contribution is 0.415. The van der Waals surface area contributed by atoms with E-state index >= 15 is 0 Å². The van der Waals surface area contributed by atoms with Crippen molar-refractivity contribution in [3.05, 3.63) is 60.2 Å². The fourth-order valence-corrected chi connectivity index (χ4v) is 2.17. The molecule has 0 aliphatic rings. The van der Waals surface area contributed by atoms with Gasteiger partial charge in [-0.05, 0) is 36.2 Å². The minimum Gasteiger partial charge on any atom is -0.497 e. The van der Waals surface area contributed by atoms with Gasteiger partial charge in [0.25, 0.3) is 0 Å². The molecule has 0 saturated carbocycles. The van der Waals surface area contributed by atoms with Crippen molar-refractivity contribution in [1.82, 2.24) is 0 Å². The molecule has 0 saturated heterocycles. The lowest BCUT2D eigenvalue weighted by atomic mass is 10.2. The molecule has 0 bridgehead atoms. The Morgan fingerprint density at radius 3 is 2.21 bits per heavy atom. The largest absolute Gasteiger partial charge is 0.497 e. The van der Waals surface area contributed by atoms with Gasteiger partial charge in [-0.2, -0.15) is 0 Å². The molecule has 2 aromatic carbocycles. The molecule has 0 spiro atoms. The van der Waals surface area contributed by atoms with Gasteiger partial charge in [-0.25, -0.2) is 0 Å². The Bertz CT molecular complexity index is 478. The highest BCUT2D eigenvalue weighted by Gasteiger charge is 2.06. The lowest BCUT2D eigenvalue weighted by Gasteiger charge is -2.24. The molecule has 0 radical (unpaired) electrons. The van der Waals surface area contributed by atoms with E-state index in [2.05, 4.69) is 54.3 Å². The summed E-state index contributed by atoms with van der Waals surface area (Å²) in [4.78, 5) is 2.40. The molecule has 0 amide bonds. The average molecular weight is 255 g/mol. The van der Waals surface area contributed by atoms with E-state index < -0.39 is 0 Å². The molecule has 19 heavy (non-hydrogen) atoms. The summed E-state index contributed by atoms with van der Waals surface area (Å²) in [6.45, 7) is 4.21. The Labute approximate surface area is 115 Å². The van der Waals surface area contributed by atoms with E-state index in [0.29, 0.717) is 0 Å². The Kier molecular flexibility index (Phi) is 4.85. The van der Waals surface area contributed by atoms with Gasteiger partial charge in [0.2, 0.25) is 0 Å². The quantitative estimate of drug-likeness (QED) is 0.770. The zero-order chi connectivity index (χ0) is 13.5. The monoisotopic (exact) mass is 255 g/mol. The van der Waals surface area contributed by atoms with Gasteiger partial charge in [-0.1, -0.05) is 37.3 Å². The van der Waals surface area contributed by atoms with Gasteiger partial charge in [0.05, 0.1) is 7.11 Å². The van der Waals surface area contributed by atoms with Gasteiger partial charge in [-0.3, -0.25) is 0 Å². The zero-order valence-corrected chi connectivity index (χ0v) is 11.7. The first-order chi connectivity index (χ1) is 9.33. The summed E-state index contributed by atoms with van der Waals surface area (Å²) in [5, 5.41) is 0. The van der Waals surface area contributed by atoms with Crippen molar-refractivity contribution in [3.8, 4) is 5.75 Å². The molecule has 0 N–H and O–H groups in total. The van der Waals surface area contributed by atoms with Gasteiger partial charge in [-0.15, -0.1) is 0 Å². The summed E-state index contributed by atoms with van der Waals surface area (Å²) in [5.74, 6) is 0.903. The second kappa shape index (κ2) is 6.83. The topological polar surface area (TPSA) is 12.5 Å². The highest BCUT2D eigenvalue weighted by molar-refractivity contribution is 5.49. The van der Waals surface area contributed by atoms with E-state index in [1.807, 2.05) is 12.1 Å². The number of hydrogen-bond acceptors (Lipinski definition) is 2. The summed E-state index contributed by atoms with van der Waals surface area (Å²) >= 11 is 0.